The Hall–Kier alpha value is -2.04. The van der Waals surface area contributed by atoms with E-state index in [1.54, 1.807) is 36.4 Å². The van der Waals surface area contributed by atoms with Gasteiger partial charge in [0.05, 0.1) is 22.2 Å². The lowest BCUT2D eigenvalue weighted by molar-refractivity contribution is -0.113. The molecule has 0 bridgehead atoms. The quantitative estimate of drug-likeness (QED) is 0.684. The molecule has 0 spiro atoms. The van der Waals surface area contributed by atoms with Crippen molar-refractivity contribution in [2.45, 2.75) is 16.6 Å². The molecule has 0 aromatic heterocycles. The third-order valence-corrected chi connectivity index (χ3v) is 8.68. The predicted octanol–water partition coefficient (Wildman–Crippen LogP) is 2.74. The summed E-state index contributed by atoms with van der Waals surface area (Å²) < 4.78 is 51.5. The van der Waals surface area contributed by atoms with Crippen molar-refractivity contribution >= 4 is 43.0 Å². The van der Waals surface area contributed by atoms with Crippen molar-refractivity contribution in [3.63, 3.8) is 0 Å². The van der Waals surface area contributed by atoms with Gasteiger partial charge >= 0.3 is 0 Å². The molecular formula is C19H21NO6S3. The number of thioether (sulfide) groups is 1. The fourth-order valence-corrected chi connectivity index (χ4v) is 6.85. The van der Waals surface area contributed by atoms with Gasteiger partial charge < -0.3 is 10.1 Å². The normalized spacial score (nSPS) is 18.3. The molecule has 1 heterocycles. The topological polar surface area (TPSA) is 107 Å². The summed E-state index contributed by atoms with van der Waals surface area (Å²) in [4.78, 5) is 12.3. The predicted molar refractivity (Wildman–Crippen MR) is 114 cm³/mol. The van der Waals surface area contributed by atoms with Crippen molar-refractivity contribution in [2.24, 2.45) is 0 Å². The molecule has 1 aliphatic rings. The number of carbonyl (C=O) groups is 1. The molecule has 1 atom stereocenters. The molecule has 1 saturated heterocycles. The number of ether oxygens (including phenoxy) is 1. The largest absolute Gasteiger partial charge is 0.457 e. The van der Waals surface area contributed by atoms with Crippen LogP contribution in [0.4, 0.5) is 5.69 Å². The minimum absolute atomic E-state index is 0.0180. The van der Waals surface area contributed by atoms with Crippen LogP contribution in [-0.4, -0.2) is 51.5 Å². The Balaban J connectivity index is 1.50. The first-order valence-electron chi connectivity index (χ1n) is 8.81. The zero-order chi connectivity index (χ0) is 21.1. The molecule has 2 aromatic rings. The number of amides is 1. The molecule has 1 fully saturated rings. The van der Waals surface area contributed by atoms with Crippen molar-refractivity contribution in [1.82, 2.24) is 0 Å². The first-order chi connectivity index (χ1) is 13.6. The maximum absolute atomic E-state index is 12.1. The molecule has 0 unspecified atom stereocenters. The van der Waals surface area contributed by atoms with Crippen molar-refractivity contribution in [2.75, 3.05) is 28.8 Å². The van der Waals surface area contributed by atoms with E-state index >= 15 is 0 Å². The van der Waals surface area contributed by atoms with Crippen LogP contribution in [0.3, 0.4) is 0 Å². The van der Waals surface area contributed by atoms with Gasteiger partial charge in [-0.2, -0.15) is 0 Å². The molecule has 29 heavy (non-hydrogen) atoms. The standard InChI is InChI=1S/C19H21NO6S3/c1-28(22,23)18-8-6-16(7-9-18)26-15-4-2-14(3-5-15)20-19(21)12-27-17-10-11-29(24,25)13-17/h2-9,17H,10-13H2,1H3,(H,20,21)/t17-/m0/s1. The Labute approximate surface area is 174 Å². The highest BCUT2D eigenvalue weighted by molar-refractivity contribution is 8.02. The van der Waals surface area contributed by atoms with Crippen LogP contribution < -0.4 is 10.1 Å². The van der Waals surface area contributed by atoms with E-state index in [9.17, 15) is 21.6 Å². The highest BCUT2D eigenvalue weighted by Gasteiger charge is 2.28. The van der Waals surface area contributed by atoms with Gasteiger partial charge in [-0.1, -0.05) is 0 Å². The lowest BCUT2D eigenvalue weighted by Crippen LogP contribution is -2.17. The van der Waals surface area contributed by atoms with Crippen LogP contribution in [0.2, 0.25) is 0 Å². The molecule has 10 heteroatoms. The summed E-state index contributed by atoms with van der Waals surface area (Å²) in [6.45, 7) is 0. The van der Waals surface area contributed by atoms with Crippen LogP contribution in [0.15, 0.2) is 53.4 Å². The molecule has 1 N–H and O–H groups in total. The summed E-state index contributed by atoms with van der Waals surface area (Å²) in [5.74, 6) is 1.39. The summed E-state index contributed by atoms with van der Waals surface area (Å²) in [5.41, 5.74) is 0.606. The Kier molecular flexibility index (Phi) is 6.55. The summed E-state index contributed by atoms with van der Waals surface area (Å²) in [6.07, 6.45) is 1.74. The van der Waals surface area contributed by atoms with Crippen LogP contribution in [0.25, 0.3) is 0 Å². The Morgan fingerprint density at radius 1 is 1.10 bits per heavy atom. The average molecular weight is 456 g/mol. The van der Waals surface area contributed by atoms with Gasteiger partial charge in [0.25, 0.3) is 0 Å². The first kappa shape index (κ1) is 21.7. The number of rotatable bonds is 7. The van der Waals surface area contributed by atoms with Gasteiger partial charge in [0.1, 0.15) is 11.5 Å². The number of nitrogens with one attached hydrogen (secondary N) is 1. The van der Waals surface area contributed by atoms with Crippen LogP contribution in [0.5, 0.6) is 11.5 Å². The van der Waals surface area contributed by atoms with Gasteiger partial charge in [-0.05, 0) is 55.0 Å². The van der Waals surface area contributed by atoms with E-state index in [4.69, 9.17) is 4.74 Å². The molecule has 1 aliphatic heterocycles. The molecule has 2 aromatic carbocycles. The number of anilines is 1. The molecule has 1 amide bonds. The van der Waals surface area contributed by atoms with E-state index in [1.165, 1.54) is 23.9 Å². The maximum atomic E-state index is 12.1. The first-order valence-corrected chi connectivity index (χ1v) is 13.6. The smallest absolute Gasteiger partial charge is 0.234 e. The molecule has 3 rings (SSSR count). The van der Waals surface area contributed by atoms with E-state index in [0.29, 0.717) is 23.6 Å². The number of sulfone groups is 2. The summed E-state index contributed by atoms with van der Waals surface area (Å²) in [7, 11) is -6.19. The molecule has 0 saturated carbocycles. The average Bonchev–Trinajstić information content (AvgIpc) is 3.00. The Morgan fingerprint density at radius 3 is 2.21 bits per heavy atom. The van der Waals surface area contributed by atoms with Crippen molar-refractivity contribution < 1.29 is 26.4 Å². The fourth-order valence-electron chi connectivity index (χ4n) is 2.78. The molecule has 7 nitrogen and oxygen atoms in total. The SMILES string of the molecule is CS(=O)(=O)c1ccc(Oc2ccc(NC(=O)CS[C@H]3CCS(=O)(=O)C3)cc2)cc1. The third-order valence-electron chi connectivity index (χ3n) is 4.27. The van der Waals surface area contributed by atoms with Crippen LogP contribution in [-0.2, 0) is 24.5 Å². The van der Waals surface area contributed by atoms with Gasteiger partial charge in [-0.3, -0.25) is 4.79 Å². The van der Waals surface area contributed by atoms with Gasteiger partial charge in [0, 0.05) is 17.2 Å². The van der Waals surface area contributed by atoms with E-state index in [0.717, 1.165) is 6.26 Å². The summed E-state index contributed by atoms with van der Waals surface area (Å²) >= 11 is 1.36. The van der Waals surface area contributed by atoms with Crippen molar-refractivity contribution in [3.8, 4) is 11.5 Å². The van der Waals surface area contributed by atoms with Crippen LogP contribution in [0, 0.1) is 0 Å². The summed E-state index contributed by atoms with van der Waals surface area (Å²) in [6, 6.07) is 12.9. The lowest BCUT2D eigenvalue weighted by Gasteiger charge is -2.10. The Bertz CT molecular complexity index is 1080. The van der Waals surface area contributed by atoms with Crippen molar-refractivity contribution in [1.29, 1.82) is 0 Å². The number of carbonyl (C=O) groups excluding carboxylic acids is 1. The molecule has 156 valence electrons. The number of hydrogen-bond acceptors (Lipinski definition) is 7. The number of hydrogen-bond donors (Lipinski definition) is 1. The van der Waals surface area contributed by atoms with Gasteiger partial charge in [0.15, 0.2) is 19.7 Å². The van der Waals surface area contributed by atoms with Gasteiger partial charge in [-0.25, -0.2) is 16.8 Å². The second-order valence-electron chi connectivity index (χ2n) is 6.75. The lowest BCUT2D eigenvalue weighted by atomic mass is 10.3. The van der Waals surface area contributed by atoms with Crippen molar-refractivity contribution in [3.05, 3.63) is 48.5 Å². The zero-order valence-electron chi connectivity index (χ0n) is 15.7. The zero-order valence-corrected chi connectivity index (χ0v) is 18.1. The second-order valence-corrected chi connectivity index (χ2v) is 12.3. The van der Waals surface area contributed by atoms with Gasteiger partial charge in [-0.15, -0.1) is 11.8 Å². The molecule has 0 radical (unpaired) electrons. The Morgan fingerprint density at radius 2 is 1.69 bits per heavy atom. The molecular weight excluding hydrogens is 434 g/mol. The van der Waals surface area contributed by atoms with E-state index in [2.05, 4.69) is 5.32 Å². The highest BCUT2D eigenvalue weighted by Crippen LogP contribution is 2.26. The minimum Gasteiger partial charge on any atom is -0.457 e. The van der Waals surface area contributed by atoms with E-state index in [1.807, 2.05) is 0 Å². The van der Waals surface area contributed by atoms with E-state index in [-0.39, 0.29) is 33.3 Å². The highest BCUT2D eigenvalue weighted by atomic mass is 32.2. The van der Waals surface area contributed by atoms with Crippen LogP contribution in [0.1, 0.15) is 6.42 Å². The fraction of sp³-hybridized carbons (Fsp3) is 0.316. The monoisotopic (exact) mass is 455 g/mol. The summed E-state index contributed by atoms with van der Waals surface area (Å²) in [5, 5.41) is 2.75. The minimum atomic E-state index is -3.25. The third kappa shape index (κ3) is 6.48. The number of benzene rings is 2. The second kappa shape index (κ2) is 8.76. The van der Waals surface area contributed by atoms with E-state index < -0.39 is 19.7 Å². The van der Waals surface area contributed by atoms with Crippen LogP contribution >= 0.6 is 11.8 Å². The maximum Gasteiger partial charge on any atom is 0.234 e. The van der Waals surface area contributed by atoms with Gasteiger partial charge in [0.2, 0.25) is 5.91 Å². The molecule has 0 aliphatic carbocycles.